The summed E-state index contributed by atoms with van der Waals surface area (Å²) < 4.78 is 11.3. The van der Waals surface area contributed by atoms with E-state index in [1.54, 1.807) is 0 Å². The van der Waals surface area contributed by atoms with Crippen molar-refractivity contribution < 1.29 is 14.3 Å². The topological polar surface area (TPSA) is 67.8 Å². The summed E-state index contributed by atoms with van der Waals surface area (Å²) >= 11 is 0. The van der Waals surface area contributed by atoms with Crippen LogP contribution in [0.5, 0.6) is 0 Å². The van der Waals surface area contributed by atoms with Crippen LogP contribution in [0.15, 0.2) is 6.20 Å². The summed E-state index contributed by atoms with van der Waals surface area (Å²) in [5, 5.41) is 0. The van der Waals surface area contributed by atoms with Crippen molar-refractivity contribution in [3.63, 3.8) is 0 Å². The molecule has 1 aromatic rings. The Bertz CT molecular complexity index is 687. The van der Waals surface area contributed by atoms with Gasteiger partial charge in [0.2, 0.25) is 11.9 Å². The summed E-state index contributed by atoms with van der Waals surface area (Å²) in [6, 6.07) is 0. The summed E-state index contributed by atoms with van der Waals surface area (Å²) in [4.78, 5) is 26.2. The molecule has 1 amide bonds. The molecule has 1 aliphatic carbocycles. The number of fused-ring (bicyclic) bond motifs is 2. The maximum absolute atomic E-state index is 12.5. The molecule has 0 bridgehead atoms. The van der Waals surface area contributed by atoms with Gasteiger partial charge >= 0.3 is 0 Å². The van der Waals surface area contributed by atoms with Crippen LogP contribution in [0, 0.1) is 5.92 Å². The molecule has 0 radical (unpaired) electrons. The van der Waals surface area contributed by atoms with Gasteiger partial charge < -0.3 is 19.3 Å². The monoisotopic (exact) mass is 344 g/mol. The first kappa shape index (κ1) is 15.5. The van der Waals surface area contributed by atoms with Crippen molar-refractivity contribution in [2.24, 2.45) is 5.92 Å². The predicted octanol–water partition coefficient (Wildman–Crippen LogP) is 0.723. The first-order chi connectivity index (χ1) is 12.3. The highest BCUT2D eigenvalue weighted by molar-refractivity contribution is 5.81. The molecule has 3 fully saturated rings. The van der Waals surface area contributed by atoms with Crippen LogP contribution in [0.25, 0.3) is 0 Å². The third-order valence-corrected chi connectivity index (χ3v) is 5.88. The van der Waals surface area contributed by atoms with Crippen molar-refractivity contribution in [2.45, 2.75) is 31.3 Å². The second-order valence-electron chi connectivity index (χ2n) is 7.70. The standard InChI is InChI=1S/C18H24N4O3/c23-16(13-1-2-13)22-4-3-18(11-22)12-25-10-14-9-19-17(20-15(14)18)21-5-7-24-8-6-21/h9,13H,1-8,10-12H2/t18-/m1/s1. The Kier molecular flexibility index (Phi) is 3.67. The largest absolute Gasteiger partial charge is 0.378 e. The fourth-order valence-electron chi connectivity index (χ4n) is 4.26. The molecule has 2 saturated heterocycles. The van der Waals surface area contributed by atoms with E-state index in [4.69, 9.17) is 14.5 Å². The van der Waals surface area contributed by atoms with Crippen LogP contribution in [0.3, 0.4) is 0 Å². The maximum atomic E-state index is 12.5. The number of carbonyl (C=O) groups is 1. The third kappa shape index (κ3) is 2.69. The molecule has 134 valence electrons. The van der Waals surface area contributed by atoms with Gasteiger partial charge in [0.05, 0.1) is 37.5 Å². The van der Waals surface area contributed by atoms with E-state index in [0.717, 1.165) is 75.9 Å². The molecule has 25 heavy (non-hydrogen) atoms. The second kappa shape index (κ2) is 5.92. The van der Waals surface area contributed by atoms with E-state index in [0.29, 0.717) is 19.1 Å². The molecule has 4 heterocycles. The number of morpholine rings is 1. The van der Waals surface area contributed by atoms with E-state index in [1.807, 2.05) is 11.1 Å². The van der Waals surface area contributed by atoms with Crippen LogP contribution >= 0.6 is 0 Å². The van der Waals surface area contributed by atoms with Crippen molar-refractivity contribution in [1.82, 2.24) is 14.9 Å². The molecule has 0 N–H and O–H groups in total. The molecule has 1 atom stereocenters. The van der Waals surface area contributed by atoms with Crippen molar-refractivity contribution in [1.29, 1.82) is 0 Å². The highest BCUT2D eigenvalue weighted by Crippen LogP contribution is 2.41. The number of carbonyl (C=O) groups excluding carboxylic acids is 1. The number of amides is 1. The first-order valence-electron chi connectivity index (χ1n) is 9.31. The van der Waals surface area contributed by atoms with E-state index < -0.39 is 0 Å². The molecule has 0 aromatic carbocycles. The van der Waals surface area contributed by atoms with Gasteiger partial charge in [-0.05, 0) is 19.3 Å². The summed E-state index contributed by atoms with van der Waals surface area (Å²) in [6.07, 6.45) is 4.95. The van der Waals surface area contributed by atoms with E-state index in [-0.39, 0.29) is 11.3 Å². The highest BCUT2D eigenvalue weighted by atomic mass is 16.5. The van der Waals surface area contributed by atoms with Crippen LogP contribution in [-0.2, 0) is 26.3 Å². The normalized spacial score (nSPS) is 29.1. The first-order valence-corrected chi connectivity index (χ1v) is 9.31. The Hall–Kier alpha value is -1.73. The minimum Gasteiger partial charge on any atom is -0.378 e. The lowest BCUT2D eigenvalue weighted by atomic mass is 9.80. The van der Waals surface area contributed by atoms with Gasteiger partial charge in [0.15, 0.2) is 0 Å². The Labute approximate surface area is 147 Å². The second-order valence-corrected chi connectivity index (χ2v) is 7.70. The van der Waals surface area contributed by atoms with Crippen LogP contribution < -0.4 is 4.90 Å². The molecule has 5 rings (SSSR count). The highest BCUT2D eigenvalue weighted by Gasteiger charge is 2.48. The molecular formula is C18H24N4O3. The Morgan fingerprint density at radius 3 is 2.84 bits per heavy atom. The molecule has 1 aromatic heterocycles. The average Bonchev–Trinajstić information content (AvgIpc) is 3.43. The number of aromatic nitrogens is 2. The maximum Gasteiger partial charge on any atom is 0.225 e. The minimum absolute atomic E-state index is 0.165. The van der Waals surface area contributed by atoms with Crippen molar-refractivity contribution in [2.75, 3.05) is 50.9 Å². The van der Waals surface area contributed by atoms with E-state index >= 15 is 0 Å². The zero-order valence-corrected chi connectivity index (χ0v) is 14.4. The fraction of sp³-hybridized carbons (Fsp3) is 0.722. The van der Waals surface area contributed by atoms with Gasteiger partial charge in [0, 0.05) is 43.9 Å². The minimum atomic E-state index is -0.165. The quantitative estimate of drug-likeness (QED) is 0.788. The molecule has 3 aliphatic heterocycles. The fourth-order valence-corrected chi connectivity index (χ4v) is 4.26. The van der Waals surface area contributed by atoms with Crippen LogP contribution in [0.1, 0.15) is 30.5 Å². The lowest BCUT2D eigenvalue weighted by molar-refractivity contribution is -0.131. The van der Waals surface area contributed by atoms with E-state index in [1.165, 1.54) is 0 Å². The van der Waals surface area contributed by atoms with Gasteiger partial charge in [0.25, 0.3) is 0 Å². The number of hydrogen-bond acceptors (Lipinski definition) is 6. The van der Waals surface area contributed by atoms with Gasteiger partial charge in [-0.2, -0.15) is 0 Å². The molecular weight excluding hydrogens is 320 g/mol. The molecule has 7 heteroatoms. The number of nitrogens with zero attached hydrogens (tertiary/aromatic N) is 4. The molecule has 1 saturated carbocycles. The Morgan fingerprint density at radius 1 is 1.20 bits per heavy atom. The van der Waals surface area contributed by atoms with Crippen LogP contribution in [0.2, 0.25) is 0 Å². The van der Waals surface area contributed by atoms with Crippen molar-refractivity contribution in [3.8, 4) is 0 Å². The SMILES string of the molecule is O=C(C1CC1)N1CC[C@]2(COCc3cnc(N4CCOCC4)nc32)C1. The summed E-state index contributed by atoms with van der Waals surface area (Å²) in [5.74, 6) is 1.38. The van der Waals surface area contributed by atoms with Gasteiger partial charge in [-0.3, -0.25) is 4.79 Å². The van der Waals surface area contributed by atoms with Gasteiger partial charge in [-0.25, -0.2) is 9.97 Å². The van der Waals surface area contributed by atoms with Gasteiger partial charge in [-0.15, -0.1) is 0 Å². The molecule has 0 unspecified atom stereocenters. The van der Waals surface area contributed by atoms with Crippen molar-refractivity contribution >= 4 is 11.9 Å². The zero-order valence-electron chi connectivity index (χ0n) is 14.4. The van der Waals surface area contributed by atoms with E-state index in [2.05, 4.69) is 9.88 Å². The van der Waals surface area contributed by atoms with Crippen molar-refractivity contribution in [3.05, 3.63) is 17.5 Å². The van der Waals surface area contributed by atoms with Gasteiger partial charge in [-0.1, -0.05) is 0 Å². The zero-order chi connectivity index (χ0) is 16.9. The molecule has 4 aliphatic rings. The van der Waals surface area contributed by atoms with E-state index in [9.17, 15) is 4.79 Å². The average molecular weight is 344 g/mol. The summed E-state index contributed by atoms with van der Waals surface area (Å²) in [6.45, 7) is 5.86. The summed E-state index contributed by atoms with van der Waals surface area (Å²) in [7, 11) is 0. The lowest BCUT2D eigenvalue weighted by Crippen LogP contribution is -2.43. The lowest BCUT2D eigenvalue weighted by Gasteiger charge is -2.35. The number of rotatable bonds is 2. The molecule has 1 spiro atoms. The molecule has 7 nitrogen and oxygen atoms in total. The summed E-state index contributed by atoms with van der Waals surface area (Å²) in [5.41, 5.74) is 2.01. The third-order valence-electron chi connectivity index (χ3n) is 5.88. The number of ether oxygens (including phenoxy) is 2. The predicted molar refractivity (Wildman–Crippen MR) is 90.3 cm³/mol. The Balaban J connectivity index is 1.44. The van der Waals surface area contributed by atoms with Gasteiger partial charge in [0.1, 0.15) is 0 Å². The van der Waals surface area contributed by atoms with Crippen LogP contribution in [-0.4, -0.2) is 66.8 Å². The number of anilines is 1. The Morgan fingerprint density at radius 2 is 2.04 bits per heavy atom. The van der Waals surface area contributed by atoms with Crippen LogP contribution in [0.4, 0.5) is 5.95 Å². The number of likely N-dealkylation sites (tertiary alicyclic amines) is 1. The smallest absolute Gasteiger partial charge is 0.225 e. The number of hydrogen-bond donors (Lipinski definition) is 0.